The lowest BCUT2D eigenvalue weighted by Crippen LogP contribution is -1.82. The van der Waals surface area contributed by atoms with Crippen molar-refractivity contribution in [3.05, 3.63) is 23.5 Å². The predicted molar refractivity (Wildman–Crippen MR) is 47.5 cm³/mol. The van der Waals surface area contributed by atoms with Gasteiger partial charge in [-0.15, -0.1) is 0 Å². The Morgan fingerprint density at radius 2 is 2.18 bits per heavy atom. The van der Waals surface area contributed by atoms with E-state index in [1.54, 1.807) is 12.4 Å². The Bertz CT molecular complexity index is 277. The first-order valence-electron chi connectivity index (χ1n) is 3.66. The van der Waals surface area contributed by atoms with Crippen molar-refractivity contribution in [3.8, 4) is 0 Å². The van der Waals surface area contributed by atoms with E-state index in [1.807, 2.05) is 26.8 Å². The van der Waals surface area contributed by atoms with Crippen LogP contribution in [0.3, 0.4) is 0 Å². The molecule has 0 aliphatic heterocycles. The summed E-state index contributed by atoms with van der Waals surface area (Å²) in [5.41, 5.74) is 3.17. The molecule has 0 saturated carbocycles. The molecule has 0 aliphatic carbocycles. The van der Waals surface area contributed by atoms with E-state index in [-0.39, 0.29) is 0 Å². The van der Waals surface area contributed by atoms with Crippen molar-refractivity contribution in [2.24, 2.45) is 4.99 Å². The minimum absolute atomic E-state index is 0.957. The fourth-order valence-electron chi connectivity index (χ4n) is 0.964. The fourth-order valence-corrected chi connectivity index (χ4v) is 0.964. The summed E-state index contributed by atoms with van der Waals surface area (Å²) >= 11 is 0. The van der Waals surface area contributed by atoms with Gasteiger partial charge in [-0.3, -0.25) is 9.98 Å². The lowest BCUT2D eigenvalue weighted by Gasteiger charge is -1.98. The third-order valence-corrected chi connectivity index (χ3v) is 1.49. The first-order valence-corrected chi connectivity index (χ1v) is 3.66. The van der Waals surface area contributed by atoms with Crippen molar-refractivity contribution < 1.29 is 0 Å². The predicted octanol–water partition coefficient (Wildman–Crippen LogP) is 2.42. The molecule has 0 saturated heterocycles. The lowest BCUT2D eigenvalue weighted by atomic mass is 10.2. The van der Waals surface area contributed by atoms with Gasteiger partial charge in [0.15, 0.2) is 0 Å². The summed E-state index contributed by atoms with van der Waals surface area (Å²) in [6.07, 6.45) is 3.57. The lowest BCUT2D eigenvalue weighted by molar-refractivity contribution is 1.17. The number of aromatic nitrogens is 1. The molecule has 0 aromatic carbocycles. The maximum atomic E-state index is 4.16. The van der Waals surface area contributed by atoms with Gasteiger partial charge >= 0.3 is 0 Å². The highest BCUT2D eigenvalue weighted by molar-refractivity contribution is 5.61. The summed E-state index contributed by atoms with van der Waals surface area (Å²) < 4.78 is 0. The standard InChI is InChI=1S/C9H12N2/c1-4-10-9-6-11-8(3)5-7(9)2/h4-6H,1-3H3. The molecule has 1 aromatic rings. The average Bonchev–Trinajstić information content (AvgIpc) is 1.95. The van der Waals surface area contributed by atoms with Gasteiger partial charge in [0.05, 0.1) is 11.9 Å². The second kappa shape index (κ2) is 3.28. The maximum Gasteiger partial charge on any atom is 0.0838 e. The molecule has 0 N–H and O–H groups in total. The maximum absolute atomic E-state index is 4.16. The van der Waals surface area contributed by atoms with Gasteiger partial charge in [-0.05, 0) is 32.4 Å². The number of hydrogen-bond donors (Lipinski definition) is 0. The topological polar surface area (TPSA) is 25.2 Å². The second-order valence-electron chi connectivity index (χ2n) is 2.50. The minimum Gasteiger partial charge on any atom is -0.260 e. The van der Waals surface area contributed by atoms with Crippen molar-refractivity contribution in [3.63, 3.8) is 0 Å². The van der Waals surface area contributed by atoms with Crippen LogP contribution in [0.15, 0.2) is 17.3 Å². The van der Waals surface area contributed by atoms with Crippen LogP contribution in [0.5, 0.6) is 0 Å². The van der Waals surface area contributed by atoms with Crippen molar-refractivity contribution in [2.45, 2.75) is 20.8 Å². The third kappa shape index (κ3) is 1.87. The van der Waals surface area contributed by atoms with Crippen molar-refractivity contribution in [1.29, 1.82) is 0 Å². The van der Waals surface area contributed by atoms with Gasteiger partial charge in [-0.25, -0.2) is 0 Å². The number of nitrogens with zero attached hydrogens (tertiary/aromatic N) is 2. The van der Waals surface area contributed by atoms with Gasteiger partial charge < -0.3 is 0 Å². The molecule has 2 heteroatoms. The van der Waals surface area contributed by atoms with E-state index in [2.05, 4.69) is 9.98 Å². The van der Waals surface area contributed by atoms with Crippen molar-refractivity contribution >= 4 is 11.9 Å². The minimum atomic E-state index is 0.957. The number of aliphatic imine (C=N–C) groups is 1. The highest BCUT2D eigenvalue weighted by Gasteiger charge is 1.94. The molecule has 0 unspecified atom stereocenters. The number of pyridine rings is 1. The molecule has 1 heterocycles. The Morgan fingerprint density at radius 1 is 1.45 bits per heavy atom. The van der Waals surface area contributed by atoms with Gasteiger partial charge in [0.25, 0.3) is 0 Å². The van der Waals surface area contributed by atoms with Crippen LogP contribution in [0.2, 0.25) is 0 Å². The van der Waals surface area contributed by atoms with Crippen molar-refractivity contribution in [2.75, 3.05) is 0 Å². The van der Waals surface area contributed by atoms with E-state index in [0.29, 0.717) is 0 Å². The molecule has 0 atom stereocenters. The molecule has 11 heavy (non-hydrogen) atoms. The summed E-state index contributed by atoms with van der Waals surface area (Å²) in [4.78, 5) is 8.30. The quantitative estimate of drug-likeness (QED) is 0.561. The summed E-state index contributed by atoms with van der Waals surface area (Å²) in [6.45, 7) is 5.92. The molecule has 0 bridgehead atoms. The summed E-state index contributed by atoms with van der Waals surface area (Å²) in [7, 11) is 0. The number of hydrogen-bond acceptors (Lipinski definition) is 2. The molecule has 58 valence electrons. The smallest absolute Gasteiger partial charge is 0.0838 e. The Labute approximate surface area is 67.0 Å². The van der Waals surface area contributed by atoms with E-state index in [1.165, 1.54) is 5.56 Å². The van der Waals surface area contributed by atoms with Gasteiger partial charge in [-0.2, -0.15) is 0 Å². The molecule has 1 rings (SSSR count). The summed E-state index contributed by atoms with van der Waals surface area (Å²) in [5, 5.41) is 0. The number of rotatable bonds is 1. The average molecular weight is 148 g/mol. The Hall–Kier alpha value is -1.18. The van der Waals surface area contributed by atoms with E-state index >= 15 is 0 Å². The molecule has 2 nitrogen and oxygen atoms in total. The SMILES string of the molecule is CC=Nc1cnc(C)cc1C. The van der Waals surface area contributed by atoms with Crippen LogP contribution in [0, 0.1) is 13.8 Å². The molecular formula is C9H12N2. The molecule has 0 spiro atoms. The Kier molecular flexibility index (Phi) is 2.36. The summed E-state index contributed by atoms with van der Waals surface area (Å²) in [5.74, 6) is 0. The molecule has 0 aliphatic rings. The zero-order valence-corrected chi connectivity index (χ0v) is 7.13. The monoisotopic (exact) mass is 148 g/mol. The molecule has 0 fully saturated rings. The first-order chi connectivity index (χ1) is 5.24. The van der Waals surface area contributed by atoms with E-state index in [0.717, 1.165) is 11.4 Å². The van der Waals surface area contributed by atoms with Crippen LogP contribution < -0.4 is 0 Å². The van der Waals surface area contributed by atoms with Gasteiger partial charge in [0.2, 0.25) is 0 Å². The molecular weight excluding hydrogens is 136 g/mol. The second-order valence-corrected chi connectivity index (χ2v) is 2.50. The molecule has 1 aromatic heterocycles. The van der Waals surface area contributed by atoms with Crippen LogP contribution in [-0.4, -0.2) is 11.2 Å². The van der Waals surface area contributed by atoms with Crippen molar-refractivity contribution in [1.82, 2.24) is 4.98 Å². The number of aryl methyl sites for hydroxylation is 2. The van der Waals surface area contributed by atoms with Crippen LogP contribution in [0.4, 0.5) is 5.69 Å². The Morgan fingerprint density at radius 3 is 2.73 bits per heavy atom. The van der Waals surface area contributed by atoms with Gasteiger partial charge in [0.1, 0.15) is 0 Å². The van der Waals surface area contributed by atoms with Gasteiger partial charge in [-0.1, -0.05) is 0 Å². The normalized spacial score (nSPS) is 10.8. The largest absolute Gasteiger partial charge is 0.260 e. The molecule has 0 radical (unpaired) electrons. The van der Waals surface area contributed by atoms with Crippen LogP contribution >= 0.6 is 0 Å². The third-order valence-electron chi connectivity index (χ3n) is 1.49. The van der Waals surface area contributed by atoms with Crippen LogP contribution in [0.1, 0.15) is 18.2 Å². The fraction of sp³-hybridized carbons (Fsp3) is 0.333. The van der Waals surface area contributed by atoms with Crippen LogP contribution in [-0.2, 0) is 0 Å². The van der Waals surface area contributed by atoms with E-state index < -0.39 is 0 Å². The summed E-state index contributed by atoms with van der Waals surface area (Å²) in [6, 6.07) is 2.03. The van der Waals surface area contributed by atoms with E-state index in [4.69, 9.17) is 0 Å². The molecule has 0 amide bonds. The first kappa shape index (κ1) is 7.92. The highest BCUT2D eigenvalue weighted by Crippen LogP contribution is 2.16. The van der Waals surface area contributed by atoms with Crippen LogP contribution in [0.25, 0.3) is 0 Å². The zero-order chi connectivity index (χ0) is 8.27. The highest BCUT2D eigenvalue weighted by atomic mass is 14.8. The Balaban J connectivity index is 3.09. The van der Waals surface area contributed by atoms with Gasteiger partial charge in [0, 0.05) is 11.9 Å². The zero-order valence-electron chi connectivity index (χ0n) is 7.13. The van der Waals surface area contributed by atoms with E-state index in [9.17, 15) is 0 Å².